The highest BCUT2D eigenvalue weighted by Gasteiger charge is 2.14. The van der Waals surface area contributed by atoms with Gasteiger partial charge in [-0.2, -0.15) is 0 Å². The number of hydrogen-bond donors (Lipinski definition) is 0. The highest BCUT2D eigenvalue weighted by Crippen LogP contribution is 2.31. The van der Waals surface area contributed by atoms with Crippen molar-refractivity contribution in [3.63, 3.8) is 0 Å². The van der Waals surface area contributed by atoms with E-state index in [9.17, 15) is 0 Å². The van der Waals surface area contributed by atoms with Gasteiger partial charge in [-0.3, -0.25) is 0 Å². The number of nitrogens with zero attached hydrogens (tertiary/aromatic N) is 3. The summed E-state index contributed by atoms with van der Waals surface area (Å²) in [6, 6.07) is 17.9. The monoisotopic (exact) mass is 377 g/mol. The molecule has 5 rings (SSSR count). The van der Waals surface area contributed by atoms with E-state index < -0.39 is 0 Å². The second-order valence-electron chi connectivity index (χ2n) is 6.01. The Morgan fingerprint density at radius 1 is 1.11 bits per heavy atom. The molecule has 27 heavy (non-hydrogen) atoms. The molecule has 0 saturated carbocycles. The van der Waals surface area contributed by atoms with E-state index in [0.717, 1.165) is 32.9 Å². The SMILES string of the molecule is COc1nn2cc(-c3cc4ccc(OCc5ccccc5)cc4o3)nc2s1. The fourth-order valence-corrected chi connectivity index (χ4v) is 3.55. The number of ether oxygens (including phenoxy) is 2. The molecule has 2 aromatic carbocycles. The molecule has 0 unspecified atom stereocenters. The van der Waals surface area contributed by atoms with Gasteiger partial charge < -0.3 is 13.9 Å². The lowest BCUT2D eigenvalue weighted by Crippen LogP contribution is -1.94. The predicted molar refractivity (Wildman–Crippen MR) is 103 cm³/mol. The van der Waals surface area contributed by atoms with Crippen LogP contribution in [0.3, 0.4) is 0 Å². The first-order chi connectivity index (χ1) is 13.3. The summed E-state index contributed by atoms with van der Waals surface area (Å²) < 4.78 is 18.7. The third kappa shape index (κ3) is 3.02. The molecule has 134 valence electrons. The van der Waals surface area contributed by atoms with Crippen molar-refractivity contribution < 1.29 is 13.9 Å². The Bertz CT molecular complexity index is 1190. The first-order valence-electron chi connectivity index (χ1n) is 8.39. The van der Waals surface area contributed by atoms with Crippen LogP contribution in [0.1, 0.15) is 5.56 Å². The Morgan fingerprint density at radius 2 is 2.00 bits per heavy atom. The molecule has 3 heterocycles. The van der Waals surface area contributed by atoms with E-state index in [1.165, 1.54) is 11.3 Å². The largest absolute Gasteiger partial charge is 0.489 e. The van der Waals surface area contributed by atoms with Crippen LogP contribution in [0.25, 0.3) is 27.4 Å². The second-order valence-corrected chi connectivity index (χ2v) is 6.93. The highest BCUT2D eigenvalue weighted by atomic mass is 32.1. The molecular formula is C20H15N3O3S. The number of imidazole rings is 1. The maximum Gasteiger partial charge on any atom is 0.294 e. The van der Waals surface area contributed by atoms with Gasteiger partial charge in [0, 0.05) is 11.5 Å². The maximum absolute atomic E-state index is 5.99. The Hall–Kier alpha value is -3.32. The van der Waals surface area contributed by atoms with Gasteiger partial charge in [-0.25, -0.2) is 9.50 Å². The normalized spacial score (nSPS) is 11.3. The van der Waals surface area contributed by atoms with Crippen LogP contribution in [-0.4, -0.2) is 21.7 Å². The standard InChI is InChI=1S/C20H15N3O3S/c1-24-20-22-23-11-16(21-19(23)27-20)18-9-14-7-8-15(10-17(14)26-18)25-12-13-5-3-2-4-6-13/h2-11H,12H2,1H3. The summed E-state index contributed by atoms with van der Waals surface area (Å²) in [5, 5.41) is 5.86. The average molecular weight is 377 g/mol. The molecule has 0 fully saturated rings. The Balaban J connectivity index is 1.41. The van der Waals surface area contributed by atoms with E-state index in [1.807, 2.05) is 60.8 Å². The van der Waals surface area contributed by atoms with E-state index in [1.54, 1.807) is 11.6 Å². The van der Waals surface area contributed by atoms with Crippen LogP contribution in [0.4, 0.5) is 0 Å². The van der Waals surface area contributed by atoms with Gasteiger partial charge in [0.2, 0.25) is 4.96 Å². The predicted octanol–water partition coefficient (Wildman–Crippen LogP) is 4.79. The molecule has 7 heteroatoms. The van der Waals surface area contributed by atoms with Gasteiger partial charge in [-0.1, -0.05) is 30.3 Å². The zero-order chi connectivity index (χ0) is 18.2. The van der Waals surface area contributed by atoms with Crippen molar-refractivity contribution in [3.8, 4) is 22.4 Å². The summed E-state index contributed by atoms with van der Waals surface area (Å²) in [6.45, 7) is 0.519. The first-order valence-corrected chi connectivity index (χ1v) is 9.21. The molecule has 0 aliphatic carbocycles. The Kier molecular flexibility index (Phi) is 3.79. The van der Waals surface area contributed by atoms with Crippen molar-refractivity contribution in [1.29, 1.82) is 0 Å². The third-order valence-electron chi connectivity index (χ3n) is 4.19. The van der Waals surface area contributed by atoms with Crippen LogP contribution in [0, 0.1) is 0 Å². The minimum absolute atomic E-state index is 0.519. The molecule has 0 radical (unpaired) electrons. The second kappa shape index (κ2) is 6.44. The number of aromatic nitrogens is 3. The first kappa shape index (κ1) is 15.9. The van der Waals surface area contributed by atoms with Gasteiger partial charge in [0.25, 0.3) is 5.19 Å². The molecule has 0 aliphatic heterocycles. The molecule has 0 amide bonds. The smallest absolute Gasteiger partial charge is 0.294 e. The van der Waals surface area contributed by atoms with E-state index in [-0.39, 0.29) is 0 Å². The van der Waals surface area contributed by atoms with Crippen molar-refractivity contribution in [2.45, 2.75) is 6.61 Å². The van der Waals surface area contributed by atoms with E-state index in [4.69, 9.17) is 13.9 Å². The lowest BCUT2D eigenvalue weighted by Gasteiger charge is -2.05. The van der Waals surface area contributed by atoms with Crippen molar-refractivity contribution in [2.75, 3.05) is 7.11 Å². The quantitative estimate of drug-likeness (QED) is 0.441. The summed E-state index contributed by atoms with van der Waals surface area (Å²) >= 11 is 1.38. The molecule has 5 aromatic rings. The third-order valence-corrected chi connectivity index (χ3v) is 5.08. The van der Waals surface area contributed by atoms with Crippen LogP contribution in [-0.2, 0) is 6.61 Å². The topological polar surface area (TPSA) is 61.8 Å². The number of methoxy groups -OCH3 is 1. The van der Waals surface area contributed by atoms with E-state index in [2.05, 4.69) is 10.1 Å². The molecule has 3 aromatic heterocycles. The highest BCUT2D eigenvalue weighted by molar-refractivity contribution is 7.18. The summed E-state index contributed by atoms with van der Waals surface area (Å²) in [7, 11) is 1.59. The fraction of sp³-hybridized carbons (Fsp3) is 0.100. The molecule has 0 aliphatic rings. The van der Waals surface area contributed by atoms with Crippen LogP contribution >= 0.6 is 11.3 Å². The van der Waals surface area contributed by atoms with Crippen molar-refractivity contribution in [3.05, 3.63) is 66.4 Å². The average Bonchev–Trinajstić information content (AvgIpc) is 3.38. The summed E-state index contributed by atoms with van der Waals surface area (Å²) in [6.07, 6.45) is 1.83. The number of hydrogen-bond acceptors (Lipinski definition) is 6. The lowest BCUT2D eigenvalue weighted by molar-refractivity contribution is 0.306. The van der Waals surface area contributed by atoms with Gasteiger partial charge >= 0.3 is 0 Å². The maximum atomic E-state index is 5.99. The lowest BCUT2D eigenvalue weighted by atomic mass is 10.2. The summed E-state index contributed by atoms with van der Waals surface area (Å²) in [5.41, 5.74) is 2.62. The van der Waals surface area contributed by atoms with Gasteiger partial charge in [0.05, 0.1) is 13.3 Å². The number of rotatable bonds is 5. The summed E-state index contributed by atoms with van der Waals surface area (Å²) in [4.78, 5) is 5.32. The van der Waals surface area contributed by atoms with Gasteiger partial charge in [0.15, 0.2) is 5.76 Å². The number of furan rings is 1. The van der Waals surface area contributed by atoms with Crippen molar-refractivity contribution in [1.82, 2.24) is 14.6 Å². The molecular weight excluding hydrogens is 362 g/mol. The zero-order valence-electron chi connectivity index (χ0n) is 14.5. The van der Waals surface area contributed by atoms with Crippen molar-refractivity contribution in [2.24, 2.45) is 0 Å². The summed E-state index contributed by atoms with van der Waals surface area (Å²) in [5.74, 6) is 1.46. The Labute approximate surface area is 158 Å². The molecule has 0 atom stereocenters. The molecule has 0 N–H and O–H groups in total. The fourth-order valence-electron chi connectivity index (χ4n) is 2.85. The molecule has 0 spiro atoms. The number of benzene rings is 2. The molecule has 6 nitrogen and oxygen atoms in total. The van der Waals surface area contributed by atoms with E-state index >= 15 is 0 Å². The van der Waals surface area contributed by atoms with Gasteiger partial charge in [-0.15, -0.1) is 5.10 Å². The van der Waals surface area contributed by atoms with Crippen LogP contribution in [0.5, 0.6) is 10.9 Å². The minimum Gasteiger partial charge on any atom is -0.489 e. The van der Waals surface area contributed by atoms with Crippen molar-refractivity contribution >= 4 is 27.3 Å². The van der Waals surface area contributed by atoms with Gasteiger partial charge in [0.1, 0.15) is 23.6 Å². The van der Waals surface area contributed by atoms with Gasteiger partial charge in [-0.05, 0) is 35.1 Å². The molecule has 0 bridgehead atoms. The number of fused-ring (bicyclic) bond motifs is 2. The molecule has 0 saturated heterocycles. The van der Waals surface area contributed by atoms with Crippen LogP contribution in [0.2, 0.25) is 0 Å². The van der Waals surface area contributed by atoms with E-state index in [0.29, 0.717) is 17.6 Å². The minimum atomic E-state index is 0.519. The van der Waals surface area contributed by atoms with Crippen LogP contribution < -0.4 is 9.47 Å². The Morgan fingerprint density at radius 3 is 2.81 bits per heavy atom. The zero-order valence-corrected chi connectivity index (χ0v) is 15.3. The van der Waals surface area contributed by atoms with Crippen LogP contribution in [0.15, 0.2) is 65.2 Å².